The van der Waals surface area contributed by atoms with E-state index >= 15 is 0 Å². The highest BCUT2D eigenvalue weighted by molar-refractivity contribution is 5.79. The lowest BCUT2D eigenvalue weighted by Gasteiger charge is -2.31. The van der Waals surface area contributed by atoms with Gasteiger partial charge in [0.25, 0.3) is 0 Å². The number of carbonyl (C=O) groups is 2. The summed E-state index contributed by atoms with van der Waals surface area (Å²) in [5.41, 5.74) is 2.97. The van der Waals surface area contributed by atoms with E-state index in [1.54, 1.807) is 4.90 Å². The van der Waals surface area contributed by atoms with Crippen molar-refractivity contribution in [3.8, 4) is 0 Å². The van der Waals surface area contributed by atoms with Gasteiger partial charge in [-0.3, -0.25) is 14.7 Å². The zero-order valence-electron chi connectivity index (χ0n) is 11.8. The van der Waals surface area contributed by atoms with Crippen molar-refractivity contribution in [3.63, 3.8) is 0 Å². The molecule has 0 bridgehead atoms. The minimum absolute atomic E-state index is 0.00208. The van der Waals surface area contributed by atoms with E-state index in [2.05, 4.69) is 15.5 Å². The van der Waals surface area contributed by atoms with Crippen molar-refractivity contribution in [1.82, 2.24) is 20.4 Å². The van der Waals surface area contributed by atoms with E-state index in [4.69, 9.17) is 5.11 Å². The minimum atomic E-state index is -0.913. The third-order valence-corrected chi connectivity index (χ3v) is 3.70. The van der Waals surface area contributed by atoms with Crippen LogP contribution in [0.2, 0.25) is 0 Å². The van der Waals surface area contributed by atoms with Crippen molar-refractivity contribution in [2.75, 3.05) is 19.6 Å². The summed E-state index contributed by atoms with van der Waals surface area (Å²) in [6, 6.07) is -0.662. The van der Waals surface area contributed by atoms with Crippen LogP contribution < -0.4 is 5.32 Å². The molecule has 0 aliphatic carbocycles. The number of rotatable bonds is 4. The molecule has 1 saturated heterocycles. The van der Waals surface area contributed by atoms with E-state index in [-0.39, 0.29) is 12.5 Å². The van der Waals surface area contributed by atoms with E-state index in [1.807, 2.05) is 13.8 Å². The summed E-state index contributed by atoms with van der Waals surface area (Å²) in [7, 11) is 0. The first-order valence-electron chi connectivity index (χ1n) is 6.73. The number of H-pyrrole nitrogens is 1. The Hall–Kier alpha value is -1.89. The van der Waals surface area contributed by atoms with Crippen molar-refractivity contribution >= 4 is 11.9 Å². The highest BCUT2D eigenvalue weighted by Gasteiger charge is 2.27. The van der Waals surface area contributed by atoms with Gasteiger partial charge in [-0.2, -0.15) is 5.10 Å². The predicted octanol–water partition coefficient (Wildman–Crippen LogP) is -0.156. The maximum absolute atomic E-state index is 12.2. The Morgan fingerprint density at radius 1 is 1.45 bits per heavy atom. The standard InChI is InChI=1S/C13H20N4O3/c1-8-10(9(2)16-15-8)3-4-12(18)17-6-5-14-11(7-17)13(19)20/h11,14H,3-7H2,1-2H3,(H,15,16)(H,19,20)/t11-/m1/s1. The van der Waals surface area contributed by atoms with E-state index in [1.165, 1.54) is 0 Å². The Morgan fingerprint density at radius 2 is 2.20 bits per heavy atom. The molecule has 3 N–H and O–H groups in total. The maximum Gasteiger partial charge on any atom is 0.322 e. The summed E-state index contributed by atoms with van der Waals surface area (Å²) >= 11 is 0. The number of nitrogens with zero attached hydrogens (tertiary/aromatic N) is 2. The molecule has 7 nitrogen and oxygen atoms in total. The quantitative estimate of drug-likeness (QED) is 0.712. The van der Waals surface area contributed by atoms with Gasteiger partial charge in [0.2, 0.25) is 5.91 Å². The smallest absolute Gasteiger partial charge is 0.322 e. The van der Waals surface area contributed by atoms with Crippen LogP contribution in [0.4, 0.5) is 0 Å². The zero-order valence-corrected chi connectivity index (χ0v) is 11.8. The molecule has 110 valence electrons. The molecule has 7 heteroatoms. The first-order chi connectivity index (χ1) is 9.49. The van der Waals surface area contributed by atoms with E-state index in [9.17, 15) is 9.59 Å². The normalized spacial score (nSPS) is 19.1. The topological polar surface area (TPSA) is 98.3 Å². The van der Waals surface area contributed by atoms with Gasteiger partial charge in [0.1, 0.15) is 6.04 Å². The summed E-state index contributed by atoms with van der Waals surface area (Å²) in [6.07, 6.45) is 1.02. The van der Waals surface area contributed by atoms with Crippen molar-refractivity contribution < 1.29 is 14.7 Å². The number of carboxylic acid groups (broad SMARTS) is 1. The molecule has 1 fully saturated rings. The average molecular weight is 280 g/mol. The fraction of sp³-hybridized carbons (Fsp3) is 0.615. The van der Waals surface area contributed by atoms with E-state index in [0.29, 0.717) is 25.9 Å². The minimum Gasteiger partial charge on any atom is -0.480 e. The van der Waals surface area contributed by atoms with Gasteiger partial charge >= 0.3 is 5.97 Å². The van der Waals surface area contributed by atoms with Crippen molar-refractivity contribution in [1.29, 1.82) is 0 Å². The number of hydrogen-bond donors (Lipinski definition) is 3. The monoisotopic (exact) mass is 280 g/mol. The Balaban J connectivity index is 1.90. The lowest BCUT2D eigenvalue weighted by Crippen LogP contribution is -2.55. The molecule has 0 unspecified atom stereocenters. The molecule has 0 aromatic carbocycles. The SMILES string of the molecule is Cc1n[nH]c(C)c1CCC(=O)N1CCN[C@@H](C(=O)O)C1. The molecule has 20 heavy (non-hydrogen) atoms. The number of nitrogens with one attached hydrogen (secondary N) is 2. The van der Waals surface area contributed by atoms with Crippen LogP contribution in [0.3, 0.4) is 0 Å². The summed E-state index contributed by atoms with van der Waals surface area (Å²) in [5.74, 6) is -0.915. The van der Waals surface area contributed by atoms with Crippen molar-refractivity contribution in [2.24, 2.45) is 0 Å². The Kier molecular flexibility index (Phi) is 4.39. The number of carboxylic acids is 1. The number of aromatic amines is 1. The molecule has 1 aliphatic rings. The van der Waals surface area contributed by atoms with Gasteiger partial charge in [-0.25, -0.2) is 0 Å². The number of hydrogen-bond acceptors (Lipinski definition) is 4. The Bertz CT molecular complexity index is 492. The molecule has 0 radical (unpaired) electrons. The number of amides is 1. The summed E-state index contributed by atoms with van der Waals surface area (Å²) < 4.78 is 0. The second kappa shape index (κ2) is 6.04. The van der Waals surface area contributed by atoms with Crippen LogP contribution in [-0.4, -0.2) is 57.8 Å². The van der Waals surface area contributed by atoms with Crippen molar-refractivity contribution in [3.05, 3.63) is 17.0 Å². The second-order valence-electron chi connectivity index (χ2n) is 5.10. The molecule has 1 aromatic heterocycles. The first kappa shape index (κ1) is 14.5. The van der Waals surface area contributed by atoms with Gasteiger partial charge in [0.05, 0.1) is 5.69 Å². The van der Waals surface area contributed by atoms with Crippen LogP contribution >= 0.6 is 0 Å². The van der Waals surface area contributed by atoms with Gasteiger partial charge in [0, 0.05) is 31.7 Å². The molecule has 1 amide bonds. The summed E-state index contributed by atoms with van der Waals surface area (Å²) in [4.78, 5) is 24.7. The molecular weight excluding hydrogens is 260 g/mol. The second-order valence-corrected chi connectivity index (χ2v) is 5.10. The molecule has 2 rings (SSSR count). The maximum atomic E-state index is 12.2. The highest BCUT2D eigenvalue weighted by atomic mass is 16.4. The summed E-state index contributed by atoms with van der Waals surface area (Å²) in [6.45, 7) is 5.16. The number of piperazine rings is 1. The molecule has 1 aliphatic heterocycles. The molecule has 1 aromatic rings. The Morgan fingerprint density at radius 3 is 2.80 bits per heavy atom. The first-order valence-corrected chi connectivity index (χ1v) is 6.73. The highest BCUT2D eigenvalue weighted by Crippen LogP contribution is 2.13. The summed E-state index contributed by atoms with van der Waals surface area (Å²) in [5, 5.41) is 18.9. The van der Waals surface area contributed by atoms with Crippen LogP contribution in [0.15, 0.2) is 0 Å². The largest absolute Gasteiger partial charge is 0.480 e. The lowest BCUT2D eigenvalue weighted by molar-refractivity contribution is -0.142. The molecule has 2 heterocycles. The van der Waals surface area contributed by atoms with E-state index < -0.39 is 12.0 Å². The third kappa shape index (κ3) is 3.16. The van der Waals surface area contributed by atoms with Crippen LogP contribution in [0.1, 0.15) is 23.4 Å². The molecule has 0 saturated carbocycles. The predicted molar refractivity (Wildman–Crippen MR) is 72.4 cm³/mol. The van der Waals surface area contributed by atoms with Crippen LogP contribution in [-0.2, 0) is 16.0 Å². The van der Waals surface area contributed by atoms with Gasteiger partial charge in [-0.1, -0.05) is 0 Å². The number of carbonyl (C=O) groups excluding carboxylic acids is 1. The van der Waals surface area contributed by atoms with Gasteiger partial charge in [0.15, 0.2) is 0 Å². The number of aromatic nitrogens is 2. The zero-order chi connectivity index (χ0) is 14.7. The Labute approximate surface area is 117 Å². The molecule has 1 atom stereocenters. The van der Waals surface area contributed by atoms with Gasteiger partial charge < -0.3 is 15.3 Å². The number of aliphatic carboxylic acids is 1. The fourth-order valence-corrected chi connectivity index (χ4v) is 2.47. The molecule has 0 spiro atoms. The van der Waals surface area contributed by atoms with E-state index in [0.717, 1.165) is 17.0 Å². The molecular formula is C13H20N4O3. The fourth-order valence-electron chi connectivity index (χ4n) is 2.47. The van der Waals surface area contributed by atoms with Crippen LogP contribution in [0.25, 0.3) is 0 Å². The van der Waals surface area contributed by atoms with Gasteiger partial charge in [-0.15, -0.1) is 0 Å². The van der Waals surface area contributed by atoms with Crippen LogP contribution in [0, 0.1) is 13.8 Å². The average Bonchev–Trinajstić information content (AvgIpc) is 2.75. The lowest BCUT2D eigenvalue weighted by atomic mass is 10.1. The van der Waals surface area contributed by atoms with Crippen LogP contribution in [0.5, 0.6) is 0 Å². The number of aryl methyl sites for hydroxylation is 2. The third-order valence-electron chi connectivity index (χ3n) is 3.70. The van der Waals surface area contributed by atoms with Crippen molar-refractivity contribution in [2.45, 2.75) is 32.7 Å². The van der Waals surface area contributed by atoms with Gasteiger partial charge in [-0.05, 0) is 25.8 Å².